The molecule has 0 heterocycles. The molecule has 1 saturated carbocycles. The Bertz CT molecular complexity index is 837. The molecule has 0 aromatic heterocycles. The molecule has 0 N–H and O–H groups in total. The van der Waals surface area contributed by atoms with Crippen LogP contribution in [0.2, 0.25) is 0 Å². The molecule has 1 heteroatoms. The summed E-state index contributed by atoms with van der Waals surface area (Å²) in [5.41, 5.74) is 5.20. The lowest BCUT2D eigenvalue weighted by Crippen LogP contribution is -2.13. The van der Waals surface area contributed by atoms with E-state index in [-0.39, 0.29) is 0 Å². The molecule has 172 valence electrons. The minimum absolute atomic E-state index is 0.732. The van der Waals surface area contributed by atoms with Gasteiger partial charge in [-0.3, -0.25) is 0 Å². The lowest BCUT2D eigenvalue weighted by atomic mass is 9.77. The summed E-state index contributed by atoms with van der Waals surface area (Å²) in [6.07, 6.45) is 19.3. The first-order valence-electron chi connectivity index (χ1n) is 12.9. The highest BCUT2D eigenvalue weighted by molar-refractivity contribution is 5.77. The molecule has 32 heavy (non-hydrogen) atoms. The van der Waals surface area contributed by atoms with Crippen molar-refractivity contribution in [2.75, 3.05) is 6.61 Å². The second-order valence-electron chi connectivity index (χ2n) is 9.38. The van der Waals surface area contributed by atoms with Gasteiger partial charge >= 0.3 is 0 Å². The Balaban J connectivity index is 1.69. The molecule has 2 aromatic rings. The number of ether oxygens (including phenoxy) is 1. The molecule has 0 saturated heterocycles. The number of hydrogen-bond donors (Lipinski definition) is 0. The maximum Gasteiger partial charge on any atom is 0.119 e. The fourth-order valence-corrected chi connectivity index (χ4v) is 4.93. The van der Waals surface area contributed by atoms with Gasteiger partial charge in [0.1, 0.15) is 5.75 Å². The van der Waals surface area contributed by atoms with Crippen molar-refractivity contribution in [3.63, 3.8) is 0 Å². The molecule has 0 spiro atoms. The van der Waals surface area contributed by atoms with E-state index in [9.17, 15) is 0 Å². The van der Waals surface area contributed by atoms with Gasteiger partial charge in [-0.2, -0.15) is 0 Å². The summed E-state index contributed by atoms with van der Waals surface area (Å²) in [6.45, 7) is 9.09. The number of unbranched alkanes of at least 4 members (excludes halogenated alkanes) is 3. The van der Waals surface area contributed by atoms with Crippen LogP contribution in [0.25, 0.3) is 17.2 Å². The van der Waals surface area contributed by atoms with Gasteiger partial charge in [-0.15, -0.1) is 0 Å². The highest BCUT2D eigenvalue weighted by atomic mass is 16.5. The number of benzene rings is 2. The van der Waals surface area contributed by atoms with Gasteiger partial charge in [0.25, 0.3) is 0 Å². The van der Waals surface area contributed by atoms with Crippen LogP contribution in [0.15, 0.2) is 61.2 Å². The van der Waals surface area contributed by atoms with Crippen LogP contribution in [0, 0.1) is 5.92 Å². The third-order valence-electron chi connectivity index (χ3n) is 6.96. The Labute approximate surface area is 196 Å². The lowest BCUT2D eigenvalue weighted by Gasteiger charge is -2.29. The maximum atomic E-state index is 5.99. The Morgan fingerprint density at radius 2 is 1.66 bits per heavy atom. The molecule has 0 aliphatic heterocycles. The van der Waals surface area contributed by atoms with Crippen molar-refractivity contribution in [1.29, 1.82) is 0 Å². The van der Waals surface area contributed by atoms with E-state index in [2.05, 4.69) is 69.0 Å². The van der Waals surface area contributed by atoms with E-state index in [1.165, 1.54) is 73.6 Å². The molecule has 0 unspecified atom stereocenters. The van der Waals surface area contributed by atoms with E-state index in [0.29, 0.717) is 0 Å². The third-order valence-corrected chi connectivity index (χ3v) is 6.96. The molecule has 1 aliphatic rings. The van der Waals surface area contributed by atoms with Crippen molar-refractivity contribution in [2.24, 2.45) is 5.92 Å². The molecule has 0 bridgehead atoms. The van der Waals surface area contributed by atoms with Crippen molar-refractivity contribution >= 4 is 6.08 Å². The van der Waals surface area contributed by atoms with E-state index in [1.54, 1.807) is 0 Å². The average molecular weight is 431 g/mol. The summed E-state index contributed by atoms with van der Waals surface area (Å²) < 4.78 is 5.99. The van der Waals surface area contributed by atoms with Gasteiger partial charge in [0.15, 0.2) is 0 Å². The number of rotatable bonds is 12. The van der Waals surface area contributed by atoms with Crippen molar-refractivity contribution in [1.82, 2.24) is 0 Å². The summed E-state index contributed by atoms with van der Waals surface area (Å²) in [7, 11) is 0. The van der Waals surface area contributed by atoms with Crippen LogP contribution in [-0.2, 0) is 0 Å². The predicted molar refractivity (Wildman–Crippen MR) is 140 cm³/mol. The molecule has 2 aromatic carbocycles. The van der Waals surface area contributed by atoms with Gasteiger partial charge in [0, 0.05) is 0 Å². The largest absolute Gasteiger partial charge is 0.494 e. The van der Waals surface area contributed by atoms with Crippen LogP contribution in [0.3, 0.4) is 0 Å². The Kier molecular flexibility index (Phi) is 10.1. The highest BCUT2D eigenvalue weighted by Gasteiger charge is 2.22. The van der Waals surface area contributed by atoms with Crippen molar-refractivity contribution in [3.8, 4) is 16.9 Å². The van der Waals surface area contributed by atoms with E-state index in [4.69, 9.17) is 4.74 Å². The van der Waals surface area contributed by atoms with Crippen LogP contribution in [0.1, 0.15) is 95.1 Å². The minimum Gasteiger partial charge on any atom is -0.494 e. The van der Waals surface area contributed by atoms with Crippen LogP contribution in [-0.4, -0.2) is 6.61 Å². The average Bonchev–Trinajstić information content (AvgIpc) is 2.84. The Hall–Kier alpha value is -2.28. The summed E-state index contributed by atoms with van der Waals surface area (Å²) in [4.78, 5) is 0. The van der Waals surface area contributed by atoms with Crippen molar-refractivity contribution in [2.45, 2.75) is 84.0 Å². The topological polar surface area (TPSA) is 9.23 Å². The quantitative estimate of drug-likeness (QED) is 0.240. The monoisotopic (exact) mass is 430 g/mol. The molecule has 1 aliphatic carbocycles. The summed E-state index contributed by atoms with van der Waals surface area (Å²) in [6, 6.07) is 15.8. The highest BCUT2D eigenvalue weighted by Crippen LogP contribution is 2.38. The Morgan fingerprint density at radius 1 is 0.906 bits per heavy atom. The van der Waals surface area contributed by atoms with Crippen molar-refractivity contribution < 1.29 is 4.74 Å². The Morgan fingerprint density at radius 3 is 2.34 bits per heavy atom. The second-order valence-corrected chi connectivity index (χ2v) is 9.38. The number of hydrogen-bond acceptors (Lipinski definition) is 1. The first kappa shape index (κ1) is 24.4. The van der Waals surface area contributed by atoms with Crippen LogP contribution in [0.5, 0.6) is 5.75 Å². The molecular weight excluding hydrogens is 388 g/mol. The maximum absolute atomic E-state index is 5.99. The van der Waals surface area contributed by atoms with Gasteiger partial charge in [-0.1, -0.05) is 101 Å². The summed E-state index contributed by atoms with van der Waals surface area (Å²) in [5, 5.41) is 0. The van der Waals surface area contributed by atoms with E-state index < -0.39 is 0 Å². The first-order chi connectivity index (χ1) is 15.7. The normalized spacial score (nSPS) is 18.7. The van der Waals surface area contributed by atoms with Crippen molar-refractivity contribution in [3.05, 3.63) is 72.3 Å². The van der Waals surface area contributed by atoms with Gasteiger partial charge in [0.2, 0.25) is 0 Å². The minimum atomic E-state index is 0.732. The van der Waals surface area contributed by atoms with E-state index in [0.717, 1.165) is 37.0 Å². The number of allylic oxidation sites excluding steroid dienone is 2. The molecule has 1 nitrogen and oxygen atoms in total. The fourth-order valence-electron chi connectivity index (χ4n) is 4.93. The van der Waals surface area contributed by atoms with Gasteiger partial charge in [0.05, 0.1) is 6.61 Å². The van der Waals surface area contributed by atoms with E-state index >= 15 is 0 Å². The zero-order valence-corrected chi connectivity index (χ0v) is 20.3. The predicted octanol–water partition coefficient (Wildman–Crippen LogP) is 9.59. The zero-order valence-electron chi connectivity index (χ0n) is 20.3. The van der Waals surface area contributed by atoms with E-state index in [1.807, 2.05) is 12.2 Å². The second kappa shape index (κ2) is 13.3. The van der Waals surface area contributed by atoms with Gasteiger partial charge in [-0.25, -0.2) is 0 Å². The van der Waals surface area contributed by atoms with Crippen LogP contribution < -0.4 is 4.74 Å². The summed E-state index contributed by atoms with van der Waals surface area (Å²) in [5.74, 6) is 2.65. The molecule has 1 fully saturated rings. The standard InChI is InChI=1S/C31H42O/c1-4-7-10-11-25-13-15-26(16-14-25)27-17-19-29(20-18-27)31-24-30(32-23-9-6-3)22-21-28(31)12-8-5-2/h5,8,12,17-22,24-26H,2,4,6-7,9-11,13-16,23H2,1,3H3/t25-,26-. The molecular formula is C31H42O. The molecule has 0 atom stereocenters. The van der Waals surface area contributed by atoms with Crippen LogP contribution >= 0.6 is 0 Å². The van der Waals surface area contributed by atoms with Crippen LogP contribution in [0.4, 0.5) is 0 Å². The van der Waals surface area contributed by atoms with Gasteiger partial charge in [-0.05, 0) is 78.3 Å². The first-order valence-corrected chi connectivity index (χ1v) is 12.9. The SMILES string of the molecule is C=CC=Cc1ccc(OCCCC)cc1-c1ccc([C@H]2CC[C@H](CCCCC)CC2)cc1. The third kappa shape index (κ3) is 7.12. The molecule has 0 radical (unpaired) electrons. The lowest BCUT2D eigenvalue weighted by molar-refractivity contribution is 0.303. The van der Waals surface area contributed by atoms with Gasteiger partial charge < -0.3 is 4.74 Å². The molecule has 0 amide bonds. The smallest absolute Gasteiger partial charge is 0.119 e. The summed E-state index contributed by atoms with van der Waals surface area (Å²) >= 11 is 0. The molecule has 3 rings (SSSR count). The fraction of sp³-hybridized carbons (Fsp3) is 0.484. The zero-order chi connectivity index (χ0) is 22.6.